The Labute approximate surface area is 54.0 Å². The van der Waals surface area contributed by atoms with Gasteiger partial charge in [0.1, 0.15) is 11.0 Å². The molecule has 0 saturated carbocycles. The molecule has 1 rings (SSSR count). The Balaban J connectivity index is 2.79. The van der Waals surface area contributed by atoms with E-state index >= 15 is 0 Å². The Morgan fingerprint density at radius 3 is 2.11 bits per heavy atom. The smallest absolute Gasteiger partial charge is 0.160 e. The molecule has 0 N–H and O–H groups in total. The van der Waals surface area contributed by atoms with E-state index in [-0.39, 0.29) is 11.5 Å². The summed E-state index contributed by atoms with van der Waals surface area (Å²) in [6.07, 6.45) is 0.525. The first-order valence-corrected chi connectivity index (χ1v) is 4.47. The van der Waals surface area contributed by atoms with Crippen LogP contribution in [0.15, 0.2) is 0 Å². The monoisotopic (exact) mass is 148 g/mol. The molecule has 4 heteroatoms. The van der Waals surface area contributed by atoms with E-state index in [2.05, 4.69) is 0 Å². The van der Waals surface area contributed by atoms with Crippen LogP contribution in [0.25, 0.3) is 0 Å². The van der Waals surface area contributed by atoms with Crippen molar-refractivity contribution in [3.8, 4) is 0 Å². The van der Waals surface area contributed by atoms with Gasteiger partial charge in [-0.2, -0.15) is 0 Å². The first-order chi connectivity index (χ1) is 4.04. The molecular weight excluding hydrogens is 140 g/mol. The number of hydrogen-bond acceptors (Lipinski definition) is 3. The van der Waals surface area contributed by atoms with Gasteiger partial charge in [0.15, 0.2) is 9.84 Å². The number of sulfone groups is 1. The first kappa shape index (κ1) is 6.74. The average Bonchev–Trinajstić information content (AvgIpc) is 1.62. The predicted molar refractivity (Wildman–Crippen MR) is 32.9 cm³/mol. The highest BCUT2D eigenvalue weighted by Crippen LogP contribution is 2.20. The quantitative estimate of drug-likeness (QED) is 0.515. The minimum atomic E-state index is -2.97. The number of carbonyl (C=O) groups is 1. The number of rotatable bonds is 1. The second-order valence-electron chi connectivity index (χ2n) is 2.25. The SMILES string of the molecule is CC(=O)C1CCS1(=O)=O. The van der Waals surface area contributed by atoms with E-state index in [9.17, 15) is 13.2 Å². The lowest BCUT2D eigenvalue weighted by molar-refractivity contribution is -0.116. The van der Waals surface area contributed by atoms with E-state index in [0.717, 1.165) is 0 Å². The molecule has 3 nitrogen and oxygen atoms in total. The van der Waals surface area contributed by atoms with Crippen LogP contribution >= 0.6 is 0 Å². The second-order valence-corrected chi connectivity index (χ2v) is 4.56. The van der Waals surface area contributed by atoms with Crippen LogP contribution in [0, 0.1) is 0 Å². The normalized spacial score (nSPS) is 31.0. The summed E-state index contributed by atoms with van der Waals surface area (Å²) in [4.78, 5) is 10.5. The highest BCUT2D eigenvalue weighted by atomic mass is 32.2. The van der Waals surface area contributed by atoms with Crippen LogP contribution in [-0.4, -0.2) is 25.2 Å². The maximum Gasteiger partial charge on any atom is 0.160 e. The average molecular weight is 148 g/mol. The van der Waals surface area contributed by atoms with E-state index in [1.165, 1.54) is 6.92 Å². The molecule has 0 bridgehead atoms. The van der Waals surface area contributed by atoms with Gasteiger partial charge >= 0.3 is 0 Å². The van der Waals surface area contributed by atoms with Gasteiger partial charge in [-0.1, -0.05) is 0 Å². The molecule has 0 amide bonds. The zero-order valence-corrected chi connectivity index (χ0v) is 5.94. The summed E-state index contributed by atoms with van der Waals surface area (Å²) < 4.78 is 21.3. The van der Waals surface area contributed by atoms with Crippen molar-refractivity contribution in [3.05, 3.63) is 0 Å². The van der Waals surface area contributed by atoms with Gasteiger partial charge in [0.05, 0.1) is 5.75 Å². The molecule has 9 heavy (non-hydrogen) atoms. The van der Waals surface area contributed by atoms with Crippen LogP contribution in [0.3, 0.4) is 0 Å². The second kappa shape index (κ2) is 1.80. The minimum Gasteiger partial charge on any atom is -0.299 e. The van der Waals surface area contributed by atoms with Crippen molar-refractivity contribution < 1.29 is 13.2 Å². The molecule has 1 aliphatic rings. The summed E-state index contributed by atoms with van der Waals surface area (Å²) in [5.74, 6) is -0.0294. The van der Waals surface area contributed by atoms with Gasteiger partial charge in [-0.15, -0.1) is 0 Å². The van der Waals surface area contributed by atoms with Crippen molar-refractivity contribution in [1.82, 2.24) is 0 Å². The zero-order chi connectivity index (χ0) is 7.07. The molecule has 1 aliphatic heterocycles. The Morgan fingerprint density at radius 2 is 2.11 bits per heavy atom. The van der Waals surface area contributed by atoms with Crippen molar-refractivity contribution in [2.75, 3.05) is 5.75 Å². The van der Waals surface area contributed by atoms with Gasteiger partial charge in [-0.3, -0.25) is 4.79 Å². The Morgan fingerprint density at radius 1 is 1.56 bits per heavy atom. The molecule has 0 radical (unpaired) electrons. The molecule has 1 unspecified atom stereocenters. The molecular formula is C5H8O3S. The fourth-order valence-electron chi connectivity index (χ4n) is 0.884. The molecule has 0 spiro atoms. The zero-order valence-electron chi connectivity index (χ0n) is 5.12. The van der Waals surface area contributed by atoms with Gasteiger partial charge in [0.2, 0.25) is 0 Å². The maximum absolute atomic E-state index is 10.6. The lowest BCUT2D eigenvalue weighted by Gasteiger charge is -2.22. The lowest BCUT2D eigenvalue weighted by atomic mass is 10.2. The number of carbonyl (C=O) groups excluding carboxylic acids is 1. The number of hydrogen-bond donors (Lipinski definition) is 0. The van der Waals surface area contributed by atoms with Crippen molar-refractivity contribution in [2.24, 2.45) is 0 Å². The molecule has 0 aromatic heterocycles. The maximum atomic E-state index is 10.6. The Bertz CT molecular complexity index is 227. The van der Waals surface area contributed by atoms with E-state index in [4.69, 9.17) is 0 Å². The van der Waals surface area contributed by atoms with Crippen molar-refractivity contribution in [3.63, 3.8) is 0 Å². The third-order valence-electron chi connectivity index (χ3n) is 1.55. The predicted octanol–water partition coefficient (Wildman–Crippen LogP) is -0.237. The van der Waals surface area contributed by atoms with Crippen LogP contribution < -0.4 is 0 Å². The standard InChI is InChI=1S/C5H8O3S/c1-4(6)5-2-3-9(5,7)8/h5H,2-3H2,1H3. The van der Waals surface area contributed by atoms with Crippen LogP contribution in [-0.2, 0) is 14.6 Å². The molecule has 1 saturated heterocycles. The molecule has 52 valence electrons. The molecule has 0 aromatic carbocycles. The summed E-state index contributed by atoms with van der Waals surface area (Å²) in [5, 5.41) is -0.669. The lowest BCUT2D eigenvalue weighted by Crippen LogP contribution is -2.41. The van der Waals surface area contributed by atoms with Gasteiger partial charge in [-0.05, 0) is 13.3 Å². The summed E-state index contributed by atoms with van der Waals surface area (Å²) >= 11 is 0. The topological polar surface area (TPSA) is 51.2 Å². The van der Waals surface area contributed by atoms with Gasteiger partial charge in [0, 0.05) is 0 Å². The molecule has 1 heterocycles. The van der Waals surface area contributed by atoms with E-state index in [0.29, 0.717) is 6.42 Å². The number of Topliss-reactive ketones (excluding diaryl/α,β-unsaturated/α-hetero) is 1. The molecule has 0 aliphatic carbocycles. The van der Waals surface area contributed by atoms with E-state index in [1.807, 2.05) is 0 Å². The van der Waals surface area contributed by atoms with Crippen LogP contribution in [0.5, 0.6) is 0 Å². The molecule has 1 atom stereocenters. The van der Waals surface area contributed by atoms with E-state index in [1.54, 1.807) is 0 Å². The van der Waals surface area contributed by atoms with Crippen LogP contribution in [0.2, 0.25) is 0 Å². The van der Waals surface area contributed by atoms with Crippen molar-refractivity contribution in [1.29, 1.82) is 0 Å². The first-order valence-electron chi connectivity index (χ1n) is 2.76. The molecule has 1 fully saturated rings. The van der Waals surface area contributed by atoms with Gasteiger partial charge in [-0.25, -0.2) is 8.42 Å². The number of ketones is 1. The van der Waals surface area contributed by atoms with Gasteiger partial charge < -0.3 is 0 Å². The molecule has 0 aromatic rings. The fraction of sp³-hybridized carbons (Fsp3) is 0.800. The van der Waals surface area contributed by atoms with Crippen LogP contribution in [0.4, 0.5) is 0 Å². The summed E-state index contributed by atoms with van der Waals surface area (Å²) in [7, 11) is -2.97. The highest BCUT2D eigenvalue weighted by Gasteiger charge is 2.38. The fourth-order valence-corrected chi connectivity index (χ4v) is 2.25. The largest absolute Gasteiger partial charge is 0.299 e. The minimum absolute atomic E-state index is 0.192. The Kier molecular flexibility index (Phi) is 1.35. The summed E-state index contributed by atoms with van der Waals surface area (Å²) in [6.45, 7) is 1.32. The van der Waals surface area contributed by atoms with Crippen molar-refractivity contribution >= 4 is 15.6 Å². The highest BCUT2D eigenvalue weighted by molar-refractivity contribution is 7.94. The van der Waals surface area contributed by atoms with Gasteiger partial charge in [0.25, 0.3) is 0 Å². The van der Waals surface area contributed by atoms with E-state index < -0.39 is 15.1 Å². The summed E-state index contributed by atoms with van der Waals surface area (Å²) in [5.41, 5.74) is 0. The third-order valence-corrected chi connectivity index (χ3v) is 3.79. The third kappa shape index (κ3) is 0.986. The van der Waals surface area contributed by atoms with Crippen molar-refractivity contribution in [2.45, 2.75) is 18.6 Å². The summed E-state index contributed by atoms with van der Waals surface area (Å²) in [6, 6.07) is 0. The Hall–Kier alpha value is -0.380. The van der Waals surface area contributed by atoms with Crippen LogP contribution in [0.1, 0.15) is 13.3 Å².